The average Bonchev–Trinajstić information content (AvgIpc) is 2.38. The molecule has 1 heterocycles. The summed E-state index contributed by atoms with van der Waals surface area (Å²) < 4.78 is 0. The minimum absolute atomic E-state index is 0.103. The van der Waals surface area contributed by atoms with Crippen LogP contribution in [-0.2, 0) is 0 Å². The number of hydrogen-bond donors (Lipinski definition) is 1. The highest BCUT2D eigenvalue weighted by Gasteiger charge is 2.16. The number of carbonyl (C=O) groups excluding carboxylic acids is 1. The highest BCUT2D eigenvalue weighted by molar-refractivity contribution is 8.00. The van der Waals surface area contributed by atoms with Crippen LogP contribution in [0.2, 0.25) is 0 Å². The van der Waals surface area contributed by atoms with Crippen LogP contribution in [0.1, 0.15) is 42.5 Å². The van der Waals surface area contributed by atoms with E-state index < -0.39 is 0 Å². The highest BCUT2D eigenvalue weighted by atomic mass is 32.2. The van der Waals surface area contributed by atoms with E-state index in [0.717, 1.165) is 0 Å². The van der Waals surface area contributed by atoms with Gasteiger partial charge in [0.25, 0.3) is 0 Å². The van der Waals surface area contributed by atoms with Gasteiger partial charge in [-0.2, -0.15) is 11.8 Å². The lowest BCUT2D eigenvalue weighted by atomic mass is 10.0. The number of ketones is 1. The molecule has 4 heteroatoms. The van der Waals surface area contributed by atoms with Crippen LogP contribution in [0.4, 0.5) is 5.69 Å². The number of aromatic nitrogens is 1. The Labute approximate surface area is 106 Å². The molecule has 1 fully saturated rings. The van der Waals surface area contributed by atoms with Gasteiger partial charge in [0.2, 0.25) is 0 Å². The van der Waals surface area contributed by atoms with E-state index in [0.29, 0.717) is 22.3 Å². The Balaban J connectivity index is 1.87. The zero-order valence-corrected chi connectivity index (χ0v) is 10.7. The van der Waals surface area contributed by atoms with Crippen LogP contribution < -0.4 is 5.73 Å². The van der Waals surface area contributed by atoms with E-state index in [2.05, 4.69) is 4.98 Å². The number of thioether (sulfide) groups is 1. The summed E-state index contributed by atoms with van der Waals surface area (Å²) in [6, 6.07) is 1.68. The van der Waals surface area contributed by atoms with Gasteiger partial charge in [-0.25, -0.2) is 0 Å². The number of hydrogen-bond acceptors (Lipinski definition) is 4. The van der Waals surface area contributed by atoms with E-state index in [9.17, 15) is 4.79 Å². The molecule has 1 aliphatic carbocycles. The Hall–Kier alpha value is -1.03. The number of rotatable bonds is 4. The third kappa shape index (κ3) is 3.46. The normalized spacial score (nSPS) is 16.9. The Morgan fingerprint density at radius 2 is 2.18 bits per heavy atom. The first-order valence-electron chi connectivity index (χ1n) is 6.11. The van der Waals surface area contributed by atoms with Crippen LogP contribution in [0.5, 0.6) is 0 Å². The first-order chi connectivity index (χ1) is 8.27. The molecule has 0 aliphatic heterocycles. The van der Waals surface area contributed by atoms with Crippen LogP contribution in [-0.4, -0.2) is 21.8 Å². The minimum atomic E-state index is 0.103. The molecule has 1 saturated carbocycles. The molecule has 0 atom stereocenters. The van der Waals surface area contributed by atoms with E-state index in [1.165, 1.54) is 32.1 Å². The molecule has 1 aliphatic rings. The molecule has 0 saturated heterocycles. The summed E-state index contributed by atoms with van der Waals surface area (Å²) in [7, 11) is 0. The summed E-state index contributed by atoms with van der Waals surface area (Å²) in [4.78, 5) is 15.9. The molecule has 0 aromatic carbocycles. The summed E-state index contributed by atoms with van der Waals surface area (Å²) in [6.07, 6.45) is 9.64. The molecule has 92 valence electrons. The molecular weight excluding hydrogens is 232 g/mol. The fourth-order valence-corrected chi connectivity index (χ4v) is 3.35. The van der Waals surface area contributed by atoms with Crippen molar-refractivity contribution in [2.45, 2.75) is 37.4 Å². The molecule has 0 amide bonds. The Bertz CT molecular complexity index is 389. The van der Waals surface area contributed by atoms with Gasteiger partial charge in [-0.3, -0.25) is 9.78 Å². The largest absolute Gasteiger partial charge is 0.398 e. The first-order valence-corrected chi connectivity index (χ1v) is 7.16. The molecular formula is C13H18N2OS. The lowest BCUT2D eigenvalue weighted by molar-refractivity contribution is 0.102. The lowest BCUT2D eigenvalue weighted by Gasteiger charge is -2.20. The van der Waals surface area contributed by atoms with Gasteiger partial charge in [0.05, 0.1) is 11.3 Å². The Morgan fingerprint density at radius 1 is 1.41 bits per heavy atom. The fraction of sp³-hybridized carbons (Fsp3) is 0.538. The van der Waals surface area contributed by atoms with Crippen LogP contribution in [0.3, 0.4) is 0 Å². The van der Waals surface area contributed by atoms with Crippen LogP contribution in [0.25, 0.3) is 0 Å². The predicted octanol–water partition coefficient (Wildman–Crippen LogP) is 2.91. The molecule has 0 radical (unpaired) electrons. The summed E-state index contributed by atoms with van der Waals surface area (Å²) in [5.41, 5.74) is 6.86. The maximum absolute atomic E-state index is 12.0. The second-order valence-electron chi connectivity index (χ2n) is 4.46. The molecule has 2 rings (SSSR count). The zero-order valence-electron chi connectivity index (χ0n) is 9.89. The molecule has 0 unspecified atom stereocenters. The molecule has 1 aromatic rings. The summed E-state index contributed by atoms with van der Waals surface area (Å²) >= 11 is 1.78. The topological polar surface area (TPSA) is 56.0 Å². The third-order valence-electron chi connectivity index (χ3n) is 3.16. The van der Waals surface area contributed by atoms with Gasteiger partial charge in [-0.05, 0) is 18.9 Å². The van der Waals surface area contributed by atoms with Crippen molar-refractivity contribution >= 4 is 23.2 Å². The van der Waals surface area contributed by atoms with Crippen LogP contribution >= 0.6 is 11.8 Å². The van der Waals surface area contributed by atoms with E-state index >= 15 is 0 Å². The molecule has 0 spiro atoms. The Kier molecular flexibility index (Phi) is 4.42. The smallest absolute Gasteiger partial charge is 0.176 e. The van der Waals surface area contributed by atoms with Gasteiger partial charge in [0, 0.05) is 23.3 Å². The molecule has 1 aromatic heterocycles. The number of nitrogens with zero attached hydrogens (tertiary/aromatic N) is 1. The summed E-state index contributed by atoms with van der Waals surface area (Å²) in [5.74, 6) is 0.631. The van der Waals surface area contributed by atoms with Gasteiger partial charge in [0.15, 0.2) is 5.78 Å². The number of pyridine rings is 1. The van der Waals surface area contributed by atoms with Gasteiger partial charge >= 0.3 is 0 Å². The monoisotopic (exact) mass is 250 g/mol. The first kappa shape index (κ1) is 12.4. The van der Waals surface area contributed by atoms with Crippen molar-refractivity contribution < 1.29 is 4.79 Å². The number of nitrogen functional groups attached to an aromatic ring is 1. The van der Waals surface area contributed by atoms with E-state index in [-0.39, 0.29) is 5.78 Å². The quantitative estimate of drug-likeness (QED) is 0.835. The predicted molar refractivity (Wildman–Crippen MR) is 72.3 cm³/mol. The van der Waals surface area contributed by atoms with Crippen molar-refractivity contribution in [3.05, 3.63) is 24.0 Å². The summed E-state index contributed by atoms with van der Waals surface area (Å²) in [6.45, 7) is 0. The van der Waals surface area contributed by atoms with Crippen LogP contribution in [0, 0.1) is 0 Å². The number of nitrogens with two attached hydrogens (primary N) is 1. The van der Waals surface area contributed by atoms with Crippen LogP contribution in [0.15, 0.2) is 18.5 Å². The SMILES string of the molecule is Nc1ccncc1C(=O)CSC1CCCCC1. The second kappa shape index (κ2) is 6.05. The van der Waals surface area contributed by atoms with Gasteiger partial charge in [-0.15, -0.1) is 0 Å². The standard InChI is InChI=1S/C13H18N2OS/c14-12-6-7-15-8-11(12)13(16)9-17-10-4-2-1-3-5-10/h6-8,10H,1-5,9H2,(H2,14,15). The Morgan fingerprint density at radius 3 is 2.88 bits per heavy atom. The van der Waals surface area contributed by atoms with E-state index in [1.807, 2.05) is 0 Å². The van der Waals surface area contributed by atoms with Crippen molar-refractivity contribution in [3.63, 3.8) is 0 Å². The molecule has 3 nitrogen and oxygen atoms in total. The highest BCUT2D eigenvalue weighted by Crippen LogP contribution is 2.28. The number of anilines is 1. The van der Waals surface area contributed by atoms with Gasteiger partial charge in [-0.1, -0.05) is 19.3 Å². The third-order valence-corrected chi connectivity index (χ3v) is 4.53. The summed E-state index contributed by atoms with van der Waals surface area (Å²) in [5, 5.41) is 0.658. The van der Waals surface area contributed by atoms with Crippen molar-refractivity contribution in [2.75, 3.05) is 11.5 Å². The molecule has 2 N–H and O–H groups in total. The van der Waals surface area contributed by atoms with Crippen molar-refractivity contribution in [2.24, 2.45) is 0 Å². The zero-order chi connectivity index (χ0) is 12.1. The lowest BCUT2D eigenvalue weighted by Crippen LogP contribution is -2.13. The van der Waals surface area contributed by atoms with E-state index in [1.54, 1.807) is 30.2 Å². The van der Waals surface area contributed by atoms with E-state index in [4.69, 9.17) is 5.73 Å². The minimum Gasteiger partial charge on any atom is -0.398 e. The average molecular weight is 250 g/mol. The molecule has 0 bridgehead atoms. The fourth-order valence-electron chi connectivity index (χ4n) is 2.14. The van der Waals surface area contributed by atoms with Crippen molar-refractivity contribution in [1.29, 1.82) is 0 Å². The number of Topliss-reactive ketones (excluding diaryl/α,β-unsaturated/α-hetero) is 1. The number of carbonyl (C=O) groups is 1. The molecule has 17 heavy (non-hydrogen) atoms. The van der Waals surface area contributed by atoms with Gasteiger partial charge < -0.3 is 5.73 Å². The van der Waals surface area contributed by atoms with Gasteiger partial charge in [0.1, 0.15) is 0 Å². The maximum atomic E-state index is 12.0. The second-order valence-corrected chi connectivity index (χ2v) is 5.75. The van der Waals surface area contributed by atoms with Crippen molar-refractivity contribution in [3.8, 4) is 0 Å². The van der Waals surface area contributed by atoms with Crippen molar-refractivity contribution in [1.82, 2.24) is 4.98 Å². The maximum Gasteiger partial charge on any atom is 0.176 e.